The van der Waals surface area contributed by atoms with Crippen LogP contribution in [0.5, 0.6) is 0 Å². The Labute approximate surface area is 51.9 Å². The Morgan fingerprint density at radius 1 is 1.75 bits per heavy atom. The molecule has 8 heavy (non-hydrogen) atoms. The van der Waals surface area contributed by atoms with E-state index in [0.717, 1.165) is 12.8 Å². The van der Waals surface area contributed by atoms with Crippen molar-refractivity contribution in [3.8, 4) is 0 Å². The molecule has 0 aromatic heterocycles. The Kier molecular flexibility index (Phi) is 1.41. The molecular weight excluding hydrogens is 122 g/mol. The van der Waals surface area contributed by atoms with Gasteiger partial charge in [0.25, 0.3) is 0 Å². The molecule has 1 aliphatic rings. The van der Waals surface area contributed by atoms with Crippen LogP contribution in [0.25, 0.3) is 0 Å². The van der Waals surface area contributed by atoms with Crippen molar-refractivity contribution in [1.29, 1.82) is 0 Å². The molecule has 1 fully saturated rings. The van der Waals surface area contributed by atoms with Gasteiger partial charge in [0, 0.05) is 23.6 Å². The van der Waals surface area contributed by atoms with E-state index >= 15 is 0 Å². The zero-order valence-corrected chi connectivity index (χ0v) is 5.83. The number of hydrogen-bond donors (Lipinski definition) is 1. The minimum absolute atomic E-state index is 0.0417. The predicted molar refractivity (Wildman–Crippen MR) is 35.1 cm³/mol. The van der Waals surface area contributed by atoms with E-state index in [0.29, 0.717) is 6.54 Å². The smallest absolute Gasteiger partial charge is 0.0579 e. The molecule has 2 nitrogen and oxygen atoms in total. The molecule has 1 aliphatic carbocycles. The highest BCUT2D eigenvalue weighted by Crippen LogP contribution is 2.39. The first-order valence-electron chi connectivity index (χ1n) is 2.75. The number of nitrogens with two attached hydrogens (primary N) is 1. The Hall–Kier alpha value is 0.110. The van der Waals surface area contributed by atoms with Crippen molar-refractivity contribution < 1.29 is 4.21 Å². The van der Waals surface area contributed by atoms with Gasteiger partial charge in [-0.25, -0.2) is 0 Å². The standard InChI is InChI=1S/C5H11NOS/c1-8(7)5(4-6)2-3-5/h2-4,6H2,1H3/t8-/m1/s1. The largest absolute Gasteiger partial charge is 0.329 e. The minimum atomic E-state index is -0.690. The molecule has 3 heteroatoms. The van der Waals surface area contributed by atoms with E-state index in [1.165, 1.54) is 0 Å². The third kappa shape index (κ3) is 0.801. The highest BCUT2D eigenvalue weighted by Gasteiger charge is 2.45. The summed E-state index contributed by atoms with van der Waals surface area (Å²) in [5, 5.41) is 0. The van der Waals surface area contributed by atoms with E-state index in [2.05, 4.69) is 0 Å². The first-order valence-corrected chi connectivity index (χ1v) is 4.31. The van der Waals surface area contributed by atoms with Crippen molar-refractivity contribution in [1.82, 2.24) is 0 Å². The van der Waals surface area contributed by atoms with Crippen molar-refractivity contribution in [2.24, 2.45) is 5.73 Å². The van der Waals surface area contributed by atoms with Gasteiger partial charge in [-0.15, -0.1) is 0 Å². The summed E-state index contributed by atoms with van der Waals surface area (Å²) >= 11 is 0. The lowest BCUT2D eigenvalue weighted by molar-refractivity contribution is 0.672. The second-order valence-electron chi connectivity index (χ2n) is 2.34. The van der Waals surface area contributed by atoms with E-state index in [4.69, 9.17) is 5.73 Å². The monoisotopic (exact) mass is 133 g/mol. The molecule has 0 heterocycles. The molecule has 1 atom stereocenters. The summed E-state index contributed by atoms with van der Waals surface area (Å²) in [5.74, 6) is 0. The van der Waals surface area contributed by atoms with Crippen LogP contribution in [0.3, 0.4) is 0 Å². The van der Waals surface area contributed by atoms with Crippen LogP contribution in [0, 0.1) is 0 Å². The van der Waals surface area contributed by atoms with E-state index in [1.807, 2.05) is 0 Å². The average molecular weight is 133 g/mol. The molecule has 0 saturated heterocycles. The van der Waals surface area contributed by atoms with Crippen LogP contribution in [0.15, 0.2) is 0 Å². The van der Waals surface area contributed by atoms with Crippen molar-refractivity contribution >= 4 is 10.8 Å². The first-order chi connectivity index (χ1) is 3.71. The van der Waals surface area contributed by atoms with Crippen molar-refractivity contribution in [3.63, 3.8) is 0 Å². The van der Waals surface area contributed by atoms with Gasteiger partial charge in [-0.2, -0.15) is 0 Å². The minimum Gasteiger partial charge on any atom is -0.329 e. The Balaban J connectivity index is 2.53. The Morgan fingerprint density at radius 3 is 2.25 bits per heavy atom. The molecule has 0 unspecified atom stereocenters. The zero-order valence-electron chi connectivity index (χ0n) is 5.02. The van der Waals surface area contributed by atoms with Gasteiger partial charge in [-0.1, -0.05) is 0 Å². The lowest BCUT2D eigenvalue weighted by Crippen LogP contribution is -2.26. The average Bonchev–Trinajstić information content (AvgIpc) is 2.44. The molecular formula is C5H11NOS. The van der Waals surface area contributed by atoms with Crippen molar-refractivity contribution in [2.45, 2.75) is 17.6 Å². The van der Waals surface area contributed by atoms with E-state index in [9.17, 15) is 4.21 Å². The van der Waals surface area contributed by atoms with E-state index in [1.54, 1.807) is 6.26 Å². The summed E-state index contributed by atoms with van der Waals surface area (Å²) in [6.45, 7) is 0.593. The maximum atomic E-state index is 10.8. The first kappa shape index (κ1) is 6.23. The molecule has 1 rings (SSSR count). The maximum absolute atomic E-state index is 10.8. The third-order valence-corrected chi connectivity index (χ3v) is 3.58. The summed E-state index contributed by atoms with van der Waals surface area (Å²) in [6, 6.07) is 0. The van der Waals surface area contributed by atoms with Crippen LogP contribution in [0.1, 0.15) is 12.8 Å². The van der Waals surface area contributed by atoms with Crippen LogP contribution in [-0.4, -0.2) is 21.8 Å². The summed E-state index contributed by atoms with van der Waals surface area (Å²) in [5.41, 5.74) is 5.38. The predicted octanol–water partition coefficient (Wildman–Crippen LogP) is -0.144. The van der Waals surface area contributed by atoms with E-state index in [-0.39, 0.29) is 4.75 Å². The Morgan fingerprint density at radius 2 is 2.25 bits per heavy atom. The molecule has 1 saturated carbocycles. The summed E-state index contributed by atoms with van der Waals surface area (Å²) in [4.78, 5) is 0. The molecule has 0 radical (unpaired) electrons. The summed E-state index contributed by atoms with van der Waals surface area (Å²) < 4.78 is 10.8. The fraction of sp³-hybridized carbons (Fsp3) is 1.00. The van der Waals surface area contributed by atoms with Gasteiger partial charge >= 0.3 is 0 Å². The second kappa shape index (κ2) is 1.81. The number of rotatable bonds is 2. The van der Waals surface area contributed by atoms with Gasteiger partial charge in [0.15, 0.2) is 0 Å². The maximum Gasteiger partial charge on any atom is 0.0579 e. The molecule has 0 aliphatic heterocycles. The molecule has 0 bridgehead atoms. The fourth-order valence-electron chi connectivity index (χ4n) is 0.748. The lowest BCUT2D eigenvalue weighted by atomic mass is 10.4. The quantitative estimate of drug-likeness (QED) is 0.569. The number of hydrogen-bond acceptors (Lipinski definition) is 2. The zero-order chi connectivity index (χ0) is 6.20. The van der Waals surface area contributed by atoms with Crippen LogP contribution in [0.4, 0.5) is 0 Å². The van der Waals surface area contributed by atoms with Gasteiger partial charge < -0.3 is 5.73 Å². The molecule has 2 N–H and O–H groups in total. The highest BCUT2D eigenvalue weighted by atomic mass is 32.2. The van der Waals surface area contributed by atoms with Gasteiger partial charge in [0.05, 0.1) is 4.75 Å². The SMILES string of the molecule is C[S@@](=O)C1(CN)CC1. The van der Waals surface area contributed by atoms with Gasteiger partial charge in [0.2, 0.25) is 0 Å². The van der Waals surface area contributed by atoms with Crippen LogP contribution in [0.2, 0.25) is 0 Å². The Bertz CT molecular complexity index is 120. The molecule has 0 aromatic carbocycles. The van der Waals surface area contributed by atoms with Crippen LogP contribution >= 0.6 is 0 Å². The molecule has 0 amide bonds. The van der Waals surface area contributed by atoms with Crippen LogP contribution in [-0.2, 0) is 10.8 Å². The van der Waals surface area contributed by atoms with Crippen molar-refractivity contribution in [3.05, 3.63) is 0 Å². The summed E-state index contributed by atoms with van der Waals surface area (Å²) in [7, 11) is -0.690. The lowest BCUT2D eigenvalue weighted by Gasteiger charge is -2.05. The van der Waals surface area contributed by atoms with Crippen molar-refractivity contribution in [2.75, 3.05) is 12.8 Å². The molecule has 0 spiro atoms. The van der Waals surface area contributed by atoms with Gasteiger partial charge in [0.1, 0.15) is 0 Å². The fourth-order valence-corrected chi connectivity index (χ4v) is 1.66. The van der Waals surface area contributed by atoms with Gasteiger partial charge in [-0.3, -0.25) is 4.21 Å². The summed E-state index contributed by atoms with van der Waals surface area (Å²) in [6.07, 6.45) is 3.86. The van der Waals surface area contributed by atoms with Crippen LogP contribution < -0.4 is 5.73 Å². The van der Waals surface area contributed by atoms with Gasteiger partial charge in [-0.05, 0) is 12.8 Å². The topological polar surface area (TPSA) is 43.1 Å². The molecule has 48 valence electrons. The normalized spacial score (nSPS) is 27.2. The van der Waals surface area contributed by atoms with E-state index < -0.39 is 10.8 Å². The third-order valence-electron chi connectivity index (χ3n) is 1.79. The second-order valence-corrected chi connectivity index (χ2v) is 4.12. The molecule has 0 aromatic rings. The highest BCUT2D eigenvalue weighted by molar-refractivity contribution is 7.86.